The minimum atomic E-state index is -0.535. The van der Waals surface area contributed by atoms with Gasteiger partial charge in [-0.3, -0.25) is 4.90 Å². The van der Waals surface area contributed by atoms with E-state index in [4.69, 9.17) is 9.47 Å². The minimum Gasteiger partial charge on any atom is -0.444 e. The summed E-state index contributed by atoms with van der Waals surface area (Å²) in [7, 11) is 0. The van der Waals surface area contributed by atoms with Crippen molar-refractivity contribution in [2.75, 3.05) is 19.6 Å². The van der Waals surface area contributed by atoms with Gasteiger partial charge in [-0.05, 0) is 83.1 Å². The van der Waals surface area contributed by atoms with Crippen LogP contribution in [0.5, 0.6) is 0 Å². The lowest BCUT2D eigenvalue weighted by Gasteiger charge is -2.27. The second-order valence-corrected chi connectivity index (χ2v) is 14.3. The Hall–Kier alpha value is -4.25. The van der Waals surface area contributed by atoms with E-state index in [9.17, 15) is 9.59 Å². The smallest absolute Gasteiger partial charge is 0.410 e. The largest absolute Gasteiger partial charge is 0.444 e. The molecule has 10 nitrogen and oxygen atoms in total. The highest BCUT2D eigenvalue weighted by molar-refractivity contribution is 7.59. The number of aromatic nitrogens is 4. The van der Waals surface area contributed by atoms with Crippen LogP contribution >= 0.6 is 13.5 Å². The van der Waals surface area contributed by atoms with E-state index in [0.717, 1.165) is 64.6 Å². The highest BCUT2D eigenvalue weighted by atomic mass is 32.1. The van der Waals surface area contributed by atoms with Crippen molar-refractivity contribution >= 4 is 25.7 Å². The third kappa shape index (κ3) is 8.01. The van der Waals surface area contributed by atoms with Crippen LogP contribution in [0.2, 0.25) is 0 Å². The van der Waals surface area contributed by atoms with Gasteiger partial charge in [0.1, 0.15) is 22.9 Å². The topological polar surface area (TPSA) is 116 Å². The SMILES string of the molecule is CC(C)(C)OC(=O)N1CCC(c2ncc(-c3ccc(-c4ccc(-c5cnc([C@@H]6CCCN6C(=O)OC(C)(C)C)[nH]5)cc4)cc3)[nH]2)C1.S. The number of carbonyl (C=O) groups is 2. The molecule has 2 aromatic carbocycles. The summed E-state index contributed by atoms with van der Waals surface area (Å²) in [6, 6.07) is 16.7. The number of nitrogens with zero attached hydrogens (tertiary/aromatic N) is 4. The molecule has 2 N–H and O–H groups in total. The molecule has 6 rings (SSSR count). The van der Waals surface area contributed by atoms with Gasteiger partial charge in [-0.1, -0.05) is 48.5 Å². The van der Waals surface area contributed by atoms with Crippen LogP contribution in [0.15, 0.2) is 60.9 Å². The van der Waals surface area contributed by atoms with Crippen molar-refractivity contribution in [3.05, 3.63) is 72.6 Å². The molecule has 2 amide bonds. The number of carbonyl (C=O) groups excluding carboxylic acids is 2. The summed E-state index contributed by atoms with van der Waals surface area (Å²) in [6.07, 6.45) is 5.77. The van der Waals surface area contributed by atoms with Crippen LogP contribution < -0.4 is 0 Å². The van der Waals surface area contributed by atoms with Gasteiger partial charge in [-0.25, -0.2) is 19.6 Å². The second kappa shape index (κ2) is 13.5. The normalized spacial score (nSPS) is 18.3. The van der Waals surface area contributed by atoms with E-state index < -0.39 is 11.2 Å². The van der Waals surface area contributed by atoms with Crippen molar-refractivity contribution in [1.29, 1.82) is 0 Å². The fourth-order valence-corrected chi connectivity index (χ4v) is 6.09. The standard InChI is InChI=1S/C36H44N6O4.H2S/c1-35(2,3)45-33(43)41-19-17-27(22-41)31-37-20-28(39-31)25-13-9-23(10-14-25)24-11-15-26(16-12-24)29-21-38-32(40-29)30-8-7-18-42(30)34(44)46-36(4,5)6;/h9-16,20-21,27,30H,7-8,17-19,22H2,1-6H3,(H,37,39)(H,38,40);1H2/t27?,30-;/m0./s1. The highest BCUT2D eigenvalue weighted by Gasteiger charge is 2.35. The summed E-state index contributed by atoms with van der Waals surface area (Å²) in [4.78, 5) is 45.0. The molecule has 250 valence electrons. The zero-order valence-electron chi connectivity index (χ0n) is 28.1. The maximum Gasteiger partial charge on any atom is 0.410 e. The number of aromatic amines is 2. The summed E-state index contributed by atoms with van der Waals surface area (Å²) in [5.74, 6) is 1.84. The molecule has 2 aliphatic rings. The van der Waals surface area contributed by atoms with Gasteiger partial charge >= 0.3 is 12.2 Å². The predicted molar refractivity (Wildman–Crippen MR) is 188 cm³/mol. The molecule has 11 heteroatoms. The Morgan fingerprint density at radius 1 is 0.702 bits per heavy atom. The van der Waals surface area contributed by atoms with Crippen molar-refractivity contribution in [1.82, 2.24) is 29.7 Å². The predicted octanol–water partition coefficient (Wildman–Crippen LogP) is 8.04. The van der Waals surface area contributed by atoms with E-state index in [2.05, 4.69) is 68.5 Å². The lowest BCUT2D eigenvalue weighted by Crippen LogP contribution is -2.36. The second-order valence-electron chi connectivity index (χ2n) is 14.3. The Bertz CT molecular complexity index is 1680. The number of likely N-dealkylation sites (tertiary alicyclic amines) is 2. The van der Waals surface area contributed by atoms with Crippen LogP contribution in [0, 0.1) is 0 Å². The molecule has 0 radical (unpaired) electrons. The number of H-pyrrole nitrogens is 2. The molecular weight excluding hydrogens is 613 g/mol. The highest BCUT2D eigenvalue weighted by Crippen LogP contribution is 2.34. The van der Waals surface area contributed by atoms with E-state index in [1.165, 1.54) is 0 Å². The third-order valence-electron chi connectivity index (χ3n) is 8.34. The van der Waals surface area contributed by atoms with Gasteiger partial charge < -0.3 is 24.3 Å². The average Bonchev–Trinajstić information content (AvgIpc) is 3.82. The summed E-state index contributed by atoms with van der Waals surface area (Å²) in [5, 5.41) is 0. The number of amides is 2. The first-order valence-electron chi connectivity index (χ1n) is 16.1. The van der Waals surface area contributed by atoms with Gasteiger partial charge in [0.05, 0.1) is 29.8 Å². The molecule has 1 unspecified atom stereocenters. The number of rotatable bonds is 5. The molecule has 2 aromatic heterocycles. The monoisotopic (exact) mass is 658 g/mol. The number of nitrogens with one attached hydrogen (secondary N) is 2. The number of hydrogen-bond donors (Lipinski definition) is 2. The molecule has 0 aliphatic carbocycles. The molecule has 0 saturated carbocycles. The number of ether oxygens (including phenoxy) is 2. The number of hydrogen-bond acceptors (Lipinski definition) is 6. The first-order chi connectivity index (χ1) is 21.8. The first kappa shape index (κ1) is 34.1. The lowest BCUT2D eigenvalue weighted by atomic mass is 10.0. The van der Waals surface area contributed by atoms with Gasteiger partial charge in [0.25, 0.3) is 0 Å². The van der Waals surface area contributed by atoms with E-state index >= 15 is 0 Å². The minimum absolute atomic E-state index is 0. The molecule has 2 aliphatic heterocycles. The van der Waals surface area contributed by atoms with Crippen molar-refractivity contribution in [2.24, 2.45) is 0 Å². The Morgan fingerprint density at radius 3 is 1.74 bits per heavy atom. The zero-order valence-corrected chi connectivity index (χ0v) is 29.1. The lowest BCUT2D eigenvalue weighted by molar-refractivity contribution is 0.0217. The molecule has 2 saturated heterocycles. The fourth-order valence-electron chi connectivity index (χ4n) is 6.09. The number of benzene rings is 2. The fraction of sp³-hybridized carbons (Fsp3) is 0.444. The van der Waals surface area contributed by atoms with Gasteiger partial charge in [-0.2, -0.15) is 13.5 Å². The molecule has 4 aromatic rings. The Morgan fingerprint density at radius 2 is 1.19 bits per heavy atom. The summed E-state index contributed by atoms with van der Waals surface area (Å²) in [6.45, 7) is 13.2. The van der Waals surface area contributed by atoms with Crippen molar-refractivity contribution < 1.29 is 19.1 Å². The van der Waals surface area contributed by atoms with Gasteiger partial charge in [0, 0.05) is 25.6 Å². The van der Waals surface area contributed by atoms with E-state index in [-0.39, 0.29) is 37.6 Å². The van der Waals surface area contributed by atoms with Crippen molar-refractivity contribution in [3.63, 3.8) is 0 Å². The zero-order chi connectivity index (χ0) is 32.6. The third-order valence-corrected chi connectivity index (χ3v) is 8.34. The van der Waals surface area contributed by atoms with E-state index in [0.29, 0.717) is 19.6 Å². The van der Waals surface area contributed by atoms with Gasteiger partial charge in [0.15, 0.2) is 0 Å². The maximum atomic E-state index is 12.8. The molecule has 0 bridgehead atoms. The van der Waals surface area contributed by atoms with Crippen LogP contribution in [-0.4, -0.2) is 72.8 Å². The summed E-state index contributed by atoms with van der Waals surface area (Å²) < 4.78 is 11.2. The average molecular weight is 659 g/mol. The molecule has 47 heavy (non-hydrogen) atoms. The van der Waals surface area contributed by atoms with Crippen LogP contribution in [-0.2, 0) is 9.47 Å². The molecule has 2 fully saturated rings. The van der Waals surface area contributed by atoms with Crippen molar-refractivity contribution in [2.45, 2.75) is 84.0 Å². The van der Waals surface area contributed by atoms with Crippen LogP contribution in [0.1, 0.15) is 84.4 Å². The van der Waals surface area contributed by atoms with Crippen molar-refractivity contribution in [3.8, 4) is 33.6 Å². The summed E-state index contributed by atoms with van der Waals surface area (Å²) >= 11 is 0. The van der Waals surface area contributed by atoms with Gasteiger partial charge in [-0.15, -0.1) is 0 Å². The van der Waals surface area contributed by atoms with Crippen LogP contribution in [0.4, 0.5) is 9.59 Å². The summed E-state index contributed by atoms with van der Waals surface area (Å²) in [5.41, 5.74) is 5.14. The quantitative estimate of drug-likeness (QED) is 0.224. The Kier molecular flexibility index (Phi) is 9.77. The molecule has 2 atom stereocenters. The van der Waals surface area contributed by atoms with Crippen LogP contribution in [0.3, 0.4) is 0 Å². The van der Waals surface area contributed by atoms with E-state index in [1.54, 1.807) is 9.80 Å². The molecule has 0 spiro atoms. The Labute approximate surface area is 283 Å². The Balaban J connectivity index is 0.00000433. The maximum absolute atomic E-state index is 12.8. The van der Waals surface area contributed by atoms with Crippen LogP contribution in [0.25, 0.3) is 33.6 Å². The first-order valence-corrected chi connectivity index (χ1v) is 16.1. The molecular formula is C36H46N6O4S. The van der Waals surface area contributed by atoms with Gasteiger partial charge in [0.2, 0.25) is 0 Å². The molecule has 4 heterocycles. The number of imidazole rings is 2. The van der Waals surface area contributed by atoms with E-state index in [1.807, 2.05) is 53.9 Å².